The van der Waals surface area contributed by atoms with Crippen LogP contribution in [0.4, 0.5) is 0 Å². The summed E-state index contributed by atoms with van der Waals surface area (Å²) in [5, 5.41) is 2.84. The van der Waals surface area contributed by atoms with Crippen molar-refractivity contribution >= 4 is 6.34 Å². The predicted molar refractivity (Wildman–Crippen MR) is 26.7 cm³/mol. The molecule has 1 radical (unpaired) electrons. The maximum atomic E-state index is 4.82. The lowest BCUT2D eigenvalue weighted by Gasteiger charge is -2.03. The molecule has 39 valence electrons. The smallest absolute Gasteiger partial charge is 0.152 e. The minimum absolute atomic E-state index is 0.000000000000000222. The molecule has 1 N–H and O–H groups in total. The second-order valence-corrected chi connectivity index (χ2v) is 1.25. The molecule has 0 saturated heterocycles. The van der Waals surface area contributed by atoms with Crippen LogP contribution in [0.2, 0.25) is 0 Å². The highest BCUT2D eigenvalue weighted by atomic mass is 16.5. The Labute approximate surface area is 42.4 Å². The van der Waals surface area contributed by atoms with Gasteiger partial charge in [0.15, 0.2) is 6.23 Å². The van der Waals surface area contributed by atoms with E-state index in [9.17, 15) is 0 Å². The van der Waals surface area contributed by atoms with Crippen molar-refractivity contribution in [1.82, 2.24) is 5.32 Å². The van der Waals surface area contributed by atoms with E-state index in [0.29, 0.717) is 0 Å². The molecule has 0 amide bonds. The molecule has 1 atom stereocenters. The van der Waals surface area contributed by atoms with Gasteiger partial charge in [-0.1, -0.05) is 0 Å². The summed E-state index contributed by atoms with van der Waals surface area (Å²) in [5.74, 6) is 0. The molecular formula is C4H7N2O. The number of hydrogen-bond donors (Lipinski definition) is 1. The number of methoxy groups -OCH3 is 1. The average Bonchev–Trinajstić information content (AvgIpc) is 2.14. The van der Waals surface area contributed by atoms with Crippen molar-refractivity contribution in [1.29, 1.82) is 0 Å². The Morgan fingerprint density at radius 1 is 1.86 bits per heavy atom. The van der Waals surface area contributed by atoms with Gasteiger partial charge < -0.3 is 10.1 Å². The van der Waals surface area contributed by atoms with Crippen LogP contribution in [0.25, 0.3) is 0 Å². The minimum Gasteiger partial charge on any atom is -0.359 e. The Balaban J connectivity index is 2.22. The lowest BCUT2D eigenvalue weighted by atomic mass is 10.6. The first kappa shape index (κ1) is 4.59. The molecule has 0 aromatic rings. The van der Waals surface area contributed by atoms with E-state index in [1.165, 1.54) is 0 Å². The van der Waals surface area contributed by atoms with Gasteiger partial charge in [-0.3, -0.25) is 4.99 Å². The van der Waals surface area contributed by atoms with Crippen LogP contribution in [0.5, 0.6) is 0 Å². The summed E-state index contributed by atoms with van der Waals surface area (Å²) in [4.78, 5) is 3.75. The maximum absolute atomic E-state index is 4.82. The summed E-state index contributed by atoms with van der Waals surface area (Å²) in [5.41, 5.74) is 0. The molecule has 0 aliphatic carbocycles. The zero-order valence-electron chi connectivity index (χ0n) is 4.09. The highest BCUT2D eigenvalue weighted by molar-refractivity contribution is 5.58. The molecule has 3 nitrogen and oxygen atoms in total. The van der Waals surface area contributed by atoms with E-state index >= 15 is 0 Å². The predicted octanol–water partition coefficient (Wildman–Crippen LogP) is -0.248. The largest absolute Gasteiger partial charge is 0.359 e. The molecule has 3 heteroatoms. The van der Waals surface area contributed by atoms with Crippen molar-refractivity contribution in [2.24, 2.45) is 4.99 Å². The van der Waals surface area contributed by atoms with Crippen molar-refractivity contribution < 1.29 is 4.74 Å². The van der Waals surface area contributed by atoms with Crippen LogP contribution < -0.4 is 5.32 Å². The highest BCUT2D eigenvalue weighted by Gasteiger charge is 2.06. The van der Waals surface area contributed by atoms with Gasteiger partial charge in [0.2, 0.25) is 0 Å². The van der Waals surface area contributed by atoms with E-state index in [1.807, 2.05) is 0 Å². The molecule has 0 bridgehead atoms. The first-order valence-electron chi connectivity index (χ1n) is 2.07. The molecule has 7 heavy (non-hydrogen) atoms. The van der Waals surface area contributed by atoms with Crippen molar-refractivity contribution in [3.8, 4) is 0 Å². The minimum atomic E-state index is -0.000000000000000222. The van der Waals surface area contributed by atoms with Gasteiger partial charge in [0.25, 0.3) is 0 Å². The molecule has 1 heterocycles. The van der Waals surface area contributed by atoms with E-state index < -0.39 is 0 Å². The standard InChI is InChI=1S/C4H7N2O/c1-7-4-2-5-3-6-4/h2-4H,1H3,(H,5,6). The lowest BCUT2D eigenvalue weighted by molar-refractivity contribution is 0.123. The zero-order valence-corrected chi connectivity index (χ0v) is 4.09. The summed E-state index contributed by atoms with van der Waals surface area (Å²) in [6, 6.07) is 0. The number of ether oxygens (including phenoxy) is 1. The van der Waals surface area contributed by atoms with Crippen molar-refractivity contribution in [3.63, 3.8) is 0 Å². The Morgan fingerprint density at radius 2 is 2.71 bits per heavy atom. The highest BCUT2D eigenvalue weighted by Crippen LogP contribution is 1.94. The summed E-state index contributed by atoms with van der Waals surface area (Å²) in [6.45, 7) is 1.69. The Hall–Kier alpha value is -0.570. The number of rotatable bonds is 1. The Kier molecular flexibility index (Phi) is 1.26. The third-order valence-electron chi connectivity index (χ3n) is 0.789. The third kappa shape index (κ3) is 0.899. The lowest BCUT2D eigenvalue weighted by Crippen LogP contribution is -2.23. The van der Waals surface area contributed by atoms with Gasteiger partial charge in [0.05, 0.1) is 6.34 Å². The van der Waals surface area contributed by atoms with Crippen LogP contribution in [0.15, 0.2) is 4.99 Å². The summed E-state index contributed by atoms with van der Waals surface area (Å²) < 4.78 is 4.82. The van der Waals surface area contributed by atoms with Crippen molar-refractivity contribution in [3.05, 3.63) is 6.54 Å². The number of nitrogens with one attached hydrogen (secondary N) is 1. The second kappa shape index (κ2) is 1.93. The molecule has 0 fully saturated rings. The Bertz CT molecular complexity index is 73.8. The molecule has 1 aliphatic rings. The van der Waals surface area contributed by atoms with E-state index in [0.717, 1.165) is 0 Å². The quantitative estimate of drug-likeness (QED) is 0.492. The molecule has 1 aliphatic heterocycles. The van der Waals surface area contributed by atoms with Gasteiger partial charge in [-0.2, -0.15) is 0 Å². The molecule has 0 saturated carbocycles. The third-order valence-corrected chi connectivity index (χ3v) is 0.789. The fraction of sp³-hybridized carbons (Fsp3) is 0.500. The van der Waals surface area contributed by atoms with E-state index in [2.05, 4.69) is 10.3 Å². The summed E-state index contributed by atoms with van der Waals surface area (Å²) in [7, 11) is 1.63. The fourth-order valence-corrected chi connectivity index (χ4v) is 0.410. The molecule has 1 rings (SSSR count). The first-order chi connectivity index (χ1) is 3.43. The second-order valence-electron chi connectivity index (χ2n) is 1.25. The van der Waals surface area contributed by atoms with E-state index in [-0.39, 0.29) is 6.23 Å². The van der Waals surface area contributed by atoms with Gasteiger partial charge in [-0.25, -0.2) is 0 Å². The zero-order chi connectivity index (χ0) is 5.11. The van der Waals surface area contributed by atoms with Crippen LogP contribution in [0, 0.1) is 6.54 Å². The first-order valence-corrected chi connectivity index (χ1v) is 2.07. The van der Waals surface area contributed by atoms with E-state index in [4.69, 9.17) is 4.74 Å². The number of hydrogen-bond acceptors (Lipinski definition) is 3. The topological polar surface area (TPSA) is 33.6 Å². The van der Waals surface area contributed by atoms with Crippen molar-refractivity contribution in [2.45, 2.75) is 6.23 Å². The SMILES string of the molecule is COC1[CH]N=CN1. The van der Waals surface area contributed by atoms with Crippen LogP contribution in [0.3, 0.4) is 0 Å². The van der Waals surface area contributed by atoms with Crippen LogP contribution in [-0.4, -0.2) is 19.7 Å². The monoisotopic (exact) mass is 99.1 g/mol. The molecule has 0 aromatic carbocycles. The van der Waals surface area contributed by atoms with Gasteiger partial charge in [-0.05, 0) is 0 Å². The average molecular weight is 99.1 g/mol. The van der Waals surface area contributed by atoms with Gasteiger partial charge >= 0.3 is 0 Å². The molecule has 1 unspecified atom stereocenters. The normalized spacial score (nSPS) is 27.9. The van der Waals surface area contributed by atoms with Crippen LogP contribution in [0.1, 0.15) is 0 Å². The number of aliphatic imine (C=N–C) groups is 1. The summed E-state index contributed by atoms with van der Waals surface area (Å²) >= 11 is 0. The fourth-order valence-electron chi connectivity index (χ4n) is 0.410. The molecule has 0 spiro atoms. The van der Waals surface area contributed by atoms with Gasteiger partial charge in [0, 0.05) is 7.11 Å². The number of nitrogens with zero attached hydrogens (tertiary/aromatic N) is 1. The van der Waals surface area contributed by atoms with E-state index in [1.54, 1.807) is 20.0 Å². The van der Waals surface area contributed by atoms with Gasteiger partial charge in [0.1, 0.15) is 6.54 Å². The Morgan fingerprint density at radius 3 is 3.00 bits per heavy atom. The van der Waals surface area contributed by atoms with Crippen molar-refractivity contribution in [2.75, 3.05) is 7.11 Å². The van der Waals surface area contributed by atoms with Crippen LogP contribution >= 0.6 is 0 Å². The molecule has 0 aromatic heterocycles. The van der Waals surface area contributed by atoms with Gasteiger partial charge in [-0.15, -0.1) is 0 Å². The summed E-state index contributed by atoms with van der Waals surface area (Å²) in [6.07, 6.45) is 1.61. The molecular weight excluding hydrogens is 92.1 g/mol. The van der Waals surface area contributed by atoms with Crippen LogP contribution in [-0.2, 0) is 4.74 Å². The maximum Gasteiger partial charge on any atom is 0.152 e.